The van der Waals surface area contributed by atoms with Gasteiger partial charge in [0.1, 0.15) is 17.3 Å². The van der Waals surface area contributed by atoms with Gasteiger partial charge >= 0.3 is 18.1 Å². The number of urea groups is 1. The number of anilines is 1. The zero-order valence-electron chi connectivity index (χ0n) is 20.9. The standard InChI is InChI=1S/C21H29N7O8S/c1-20(2,3)35-19(34)26-17-24-11(9-37-17)13(27-36-21(4,5)16(31)32)15(30)25-12-10(23-14(12)29)8-28-7-6-22-18(28)33/h9-10,12H,6-8H2,1-5H3,(H,22,33)(H,23,29)(H,25,30)(H,31,32)(H,24,26,34)/t10-,12+/m1/s1. The fourth-order valence-electron chi connectivity index (χ4n) is 3.13. The van der Waals surface area contributed by atoms with Gasteiger partial charge in [0.25, 0.3) is 5.91 Å². The van der Waals surface area contributed by atoms with E-state index in [9.17, 15) is 29.1 Å². The summed E-state index contributed by atoms with van der Waals surface area (Å²) >= 11 is 0.964. The molecule has 5 amide bonds. The Morgan fingerprint density at radius 3 is 2.54 bits per heavy atom. The van der Waals surface area contributed by atoms with E-state index in [1.165, 1.54) is 24.1 Å². The Morgan fingerprint density at radius 2 is 1.97 bits per heavy atom. The van der Waals surface area contributed by atoms with Gasteiger partial charge in [-0.1, -0.05) is 5.16 Å². The third-order valence-electron chi connectivity index (χ3n) is 5.11. The van der Waals surface area contributed by atoms with Crippen LogP contribution in [0, 0.1) is 0 Å². The third kappa shape index (κ3) is 7.05. The minimum Gasteiger partial charge on any atom is -0.478 e. The van der Waals surface area contributed by atoms with Crippen molar-refractivity contribution in [2.75, 3.05) is 25.0 Å². The number of β-lactam (4-membered cyclic amide) rings is 1. The summed E-state index contributed by atoms with van der Waals surface area (Å²) in [5.41, 5.74) is -2.98. The first-order valence-corrected chi connectivity index (χ1v) is 12.1. The van der Waals surface area contributed by atoms with Crippen molar-refractivity contribution in [1.82, 2.24) is 25.8 Å². The monoisotopic (exact) mass is 539 g/mol. The largest absolute Gasteiger partial charge is 0.478 e. The molecule has 2 aliphatic rings. The number of carbonyl (C=O) groups excluding carboxylic acids is 4. The molecule has 16 heteroatoms. The molecule has 2 fully saturated rings. The average Bonchev–Trinajstić information content (AvgIpc) is 3.39. The lowest BCUT2D eigenvalue weighted by Crippen LogP contribution is -2.72. The maximum absolute atomic E-state index is 13.2. The predicted octanol–water partition coefficient (Wildman–Crippen LogP) is 0.0824. The van der Waals surface area contributed by atoms with Crippen molar-refractivity contribution in [3.05, 3.63) is 11.1 Å². The van der Waals surface area contributed by atoms with Gasteiger partial charge in [0.05, 0.1) is 6.04 Å². The molecule has 1 aromatic rings. The number of ether oxygens (including phenoxy) is 1. The smallest absolute Gasteiger partial charge is 0.413 e. The van der Waals surface area contributed by atoms with E-state index in [1.807, 2.05) is 0 Å². The van der Waals surface area contributed by atoms with Crippen molar-refractivity contribution >= 4 is 52.1 Å². The Morgan fingerprint density at radius 1 is 1.27 bits per heavy atom. The van der Waals surface area contributed by atoms with Crippen LogP contribution in [-0.4, -0.2) is 93.5 Å². The van der Waals surface area contributed by atoms with Crippen molar-refractivity contribution in [2.24, 2.45) is 5.16 Å². The summed E-state index contributed by atoms with van der Waals surface area (Å²) in [6.07, 6.45) is -0.764. The zero-order chi connectivity index (χ0) is 27.5. The van der Waals surface area contributed by atoms with Crippen LogP contribution in [0.4, 0.5) is 14.7 Å². The molecule has 2 atom stereocenters. The Balaban J connectivity index is 1.78. The lowest BCUT2D eigenvalue weighted by atomic mass is 9.98. The van der Waals surface area contributed by atoms with Crippen LogP contribution < -0.4 is 21.3 Å². The zero-order valence-corrected chi connectivity index (χ0v) is 21.7. The highest BCUT2D eigenvalue weighted by molar-refractivity contribution is 7.14. The Labute approximate surface area is 215 Å². The van der Waals surface area contributed by atoms with E-state index in [4.69, 9.17) is 9.57 Å². The first-order valence-electron chi connectivity index (χ1n) is 11.3. The number of nitrogens with one attached hydrogen (secondary N) is 4. The molecule has 0 spiro atoms. The molecule has 202 valence electrons. The van der Waals surface area contributed by atoms with Crippen LogP contribution in [0.2, 0.25) is 0 Å². The predicted molar refractivity (Wildman–Crippen MR) is 130 cm³/mol. The van der Waals surface area contributed by atoms with E-state index in [0.717, 1.165) is 11.3 Å². The van der Waals surface area contributed by atoms with Crippen LogP contribution in [0.5, 0.6) is 0 Å². The highest BCUT2D eigenvalue weighted by Crippen LogP contribution is 2.20. The van der Waals surface area contributed by atoms with E-state index in [2.05, 4.69) is 31.4 Å². The molecule has 2 saturated heterocycles. The number of aromatic nitrogens is 1. The number of carboxylic acids is 1. The minimum absolute atomic E-state index is 0.0371. The average molecular weight is 540 g/mol. The Hall–Kier alpha value is -3.95. The van der Waals surface area contributed by atoms with E-state index in [0.29, 0.717) is 13.1 Å². The van der Waals surface area contributed by atoms with Crippen molar-refractivity contribution in [1.29, 1.82) is 0 Å². The SMILES string of the molecule is CC(C)(C)OC(=O)Nc1nc(C(=NOC(C)(C)C(=O)O)C(=O)N[C@@H]2C(=O)N[C@@H]2CN2CCNC2=O)cs1. The quantitative estimate of drug-likeness (QED) is 0.164. The number of hydrogen-bond donors (Lipinski definition) is 5. The third-order valence-corrected chi connectivity index (χ3v) is 5.87. The first kappa shape index (κ1) is 27.6. The molecule has 0 aromatic carbocycles. The van der Waals surface area contributed by atoms with E-state index < -0.39 is 52.9 Å². The Kier molecular flexibility index (Phi) is 7.90. The van der Waals surface area contributed by atoms with Crippen LogP contribution in [-0.2, 0) is 24.0 Å². The second kappa shape index (κ2) is 10.6. The fourth-order valence-corrected chi connectivity index (χ4v) is 3.81. The van der Waals surface area contributed by atoms with Crippen molar-refractivity contribution in [3.63, 3.8) is 0 Å². The summed E-state index contributed by atoms with van der Waals surface area (Å²) in [5.74, 6) is -2.66. The van der Waals surface area contributed by atoms with Crippen molar-refractivity contribution < 1.29 is 38.7 Å². The van der Waals surface area contributed by atoms with Gasteiger partial charge < -0.3 is 35.5 Å². The number of oxime groups is 1. The first-order chi connectivity index (χ1) is 17.2. The number of amides is 5. The summed E-state index contributed by atoms with van der Waals surface area (Å²) in [6.45, 7) is 8.67. The van der Waals surface area contributed by atoms with Gasteiger partial charge in [-0.25, -0.2) is 19.4 Å². The van der Waals surface area contributed by atoms with Gasteiger partial charge in [-0.05, 0) is 34.6 Å². The number of nitrogens with zero attached hydrogens (tertiary/aromatic N) is 3. The van der Waals surface area contributed by atoms with Crippen LogP contribution >= 0.6 is 11.3 Å². The molecule has 5 N–H and O–H groups in total. The summed E-state index contributed by atoms with van der Waals surface area (Å²) < 4.78 is 5.18. The summed E-state index contributed by atoms with van der Waals surface area (Å²) in [6, 6.07) is -1.79. The van der Waals surface area contributed by atoms with Crippen molar-refractivity contribution in [2.45, 2.75) is 57.9 Å². The second-order valence-corrected chi connectivity index (χ2v) is 10.6. The van der Waals surface area contributed by atoms with Gasteiger partial charge in [-0.3, -0.25) is 14.9 Å². The molecule has 3 heterocycles. The molecular formula is C21H29N7O8S. The molecule has 2 aliphatic heterocycles. The molecule has 0 unspecified atom stereocenters. The van der Waals surface area contributed by atoms with Gasteiger partial charge in [-0.15, -0.1) is 11.3 Å². The van der Waals surface area contributed by atoms with Gasteiger partial charge in [0, 0.05) is 25.0 Å². The van der Waals surface area contributed by atoms with Crippen LogP contribution in [0.15, 0.2) is 10.5 Å². The number of aliphatic carboxylic acids is 1. The summed E-state index contributed by atoms with van der Waals surface area (Å²) in [7, 11) is 0. The lowest BCUT2D eigenvalue weighted by molar-refractivity contribution is -0.161. The molecule has 0 saturated carbocycles. The lowest BCUT2D eigenvalue weighted by Gasteiger charge is -2.38. The maximum atomic E-state index is 13.2. The topological polar surface area (TPSA) is 201 Å². The molecule has 0 radical (unpaired) electrons. The molecule has 15 nitrogen and oxygen atoms in total. The van der Waals surface area contributed by atoms with Gasteiger partial charge in [-0.2, -0.15) is 0 Å². The number of carbonyl (C=O) groups is 5. The molecule has 0 bridgehead atoms. The van der Waals surface area contributed by atoms with E-state index in [-0.39, 0.29) is 23.4 Å². The van der Waals surface area contributed by atoms with Crippen molar-refractivity contribution in [3.8, 4) is 0 Å². The van der Waals surface area contributed by atoms with Crippen LogP contribution in [0.1, 0.15) is 40.3 Å². The molecule has 1 aromatic heterocycles. The molecule has 0 aliphatic carbocycles. The van der Waals surface area contributed by atoms with Gasteiger partial charge in [0.2, 0.25) is 11.5 Å². The van der Waals surface area contributed by atoms with Crippen LogP contribution in [0.25, 0.3) is 0 Å². The van der Waals surface area contributed by atoms with Gasteiger partial charge in [0.15, 0.2) is 10.8 Å². The van der Waals surface area contributed by atoms with Crippen LogP contribution in [0.3, 0.4) is 0 Å². The normalized spacial score (nSPS) is 19.9. The summed E-state index contributed by atoms with van der Waals surface area (Å²) in [5, 5.41) is 24.8. The highest BCUT2D eigenvalue weighted by Gasteiger charge is 2.43. The molecule has 3 rings (SSSR count). The number of thiazole rings is 1. The Bertz CT molecular complexity index is 1130. The molecular weight excluding hydrogens is 510 g/mol. The van der Waals surface area contributed by atoms with E-state index in [1.54, 1.807) is 20.8 Å². The van der Waals surface area contributed by atoms with E-state index >= 15 is 0 Å². The number of rotatable bonds is 9. The highest BCUT2D eigenvalue weighted by atomic mass is 32.1. The summed E-state index contributed by atoms with van der Waals surface area (Å²) in [4.78, 5) is 71.4. The fraction of sp³-hybridized carbons (Fsp3) is 0.571. The maximum Gasteiger partial charge on any atom is 0.413 e. The molecule has 37 heavy (non-hydrogen) atoms. The second-order valence-electron chi connectivity index (χ2n) is 9.76. The number of carboxylic acid groups (broad SMARTS) is 1. The minimum atomic E-state index is -1.78. The number of hydrogen-bond acceptors (Lipinski definition) is 10.